The number of hydrogen-bond acceptors (Lipinski definition) is 0. The third-order valence-corrected chi connectivity index (χ3v) is 5.99. The minimum atomic E-state index is 0.621. The van der Waals surface area contributed by atoms with Crippen molar-refractivity contribution in [3.05, 3.63) is 0 Å². The van der Waals surface area contributed by atoms with Crippen molar-refractivity contribution < 1.29 is 21.2 Å². The summed E-state index contributed by atoms with van der Waals surface area (Å²) < 4.78 is 2.80. The maximum absolute atomic E-state index is 2.31. The number of hydrogen-bond donors (Lipinski definition) is 0. The van der Waals surface area contributed by atoms with Crippen LogP contribution in [0, 0.1) is 0 Å². The molecule has 56 valence electrons. The predicted octanol–water partition coefficient (Wildman–Crippen LogP) is -0.572. The molecule has 0 atom stereocenters. The monoisotopic (exact) mass is 239 g/mol. The van der Waals surface area contributed by atoms with Crippen molar-refractivity contribution in [3.63, 3.8) is 0 Å². The molecule has 0 heterocycles. The molecule has 0 aromatic rings. The van der Waals surface area contributed by atoms with Gasteiger partial charge in [-0.05, 0) is 0 Å². The van der Waals surface area contributed by atoms with Crippen LogP contribution in [-0.4, -0.2) is 8.35 Å². The van der Waals surface area contributed by atoms with Crippen LogP contribution in [0.2, 0.25) is 0 Å². The summed E-state index contributed by atoms with van der Waals surface area (Å²) in [4.78, 5) is 0. The Morgan fingerprint density at radius 3 is 2.56 bits per heavy atom. The van der Waals surface area contributed by atoms with Crippen LogP contribution in [-0.2, 0) is 0 Å². The van der Waals surface area contributed by atoms with Crippen LogP contribution in [0.15, 0.2) is 0 Å². The molecule has 0 aromatic heterocycles. The van der Waals surface area contributed by atoms with Gasteiger partial charge in [0.1, 0.15) is 0 Å². The molecule has 0 spiro atoms. The van der Waals surface area contributed by atoms with Gasteiger partial charge in [-0.2, -0.15) is 0 Å². The van der Waals surface area contributed by atoms with Crippen LogP contribution in [0.5, 0.6) is 0 Å². The topological polar surface area (TPSA) is 0 Å². The number of alkyl halides is 2. The van der Waals surface area contributed by atoms with E-state index in [2.05, 4.69) is 6.92 Å². The van der Waals surface area contributed by atoms with E-state index in [0.29, 0.717) is 21.2 Å². The van der Waals surface area contributed by atoms with Crippen LogP contribution < -0.4 is 21.2 Å². The zero-order chi connectivity index (χ0) is 6.53. The Kier molecular flexibility index (Phi) is 3.94. The maximum atomic E-state index is 2.31. The van der Waals surface area contributed by atoms with Crippen LogP contribution in [0.25, 0.3) is 0 Å². The molecule has 1 aliphatic carbocycles. The summed E-state index contributed by atoms with van der Waals surface area (Å²) in [5, 5.41) is 0. The second-order valence-electron chi connectivity index (χ2n) is 2.73. The van der Waals surface area contributed by atoms with E-state index in [1.165, 1.54) is 23.2 Å². The molecular weight excluding hydrogens is 223 g/mol. The average molecular weight is 239 g/mol. The number of halogens is 1. The van der Waals surface area contributed by atoms with Gasteiger partial charge in [0, 0.05) is 0 Å². The summed E-state index contributed by atoms with van der Waals surface area (Å²) in [7, 11) is 0. The van der Waals surface area contributed by atoms with Crippen molar-refractivity contribution in [2.45, 2.75) is 43.0 Å². The van der Waals surface area contributed by atoms with Crippen molar-refractivity contribution in [3.8, 4) is 0 Å². The third kappa shape index (κ3) is 2.87. The van der Waals surface area contributed by atoms with Crippen LogP contribution >= 0.6 is 0 Å². The molecule has 0 aromatic carbocycles. The standard InChI is InChI=1S/C8H16I/c1-2-7-9-8-5-3-4-6-8/h8H,2-7H2,1H3/q-1. The average Bonchev–Trinajstić information content (AvgIpc) is 2.34. The Balaban J connectivity index is 1.98. The third-order valence-electron chi connectivity index (χ3n) is 1.80. The molecule has 0 N–H and O–H groups in total. The zero-order valence-corrected chi connectivity index (χ0v) is 8.36. The van der Waals surface area contributed by atoms with E-state index < -0.39 is 0 Å². The van der Waals surface area contributed by atoms with Crippen molar-refractivity contribution in [2.75, 3.05) is 4.43 Å². The van der Waals surface area contributed by atoms with Crippen molar-refractivity contribution in [2.24, 2.45) is 0 Å². The van der Waals surface area contributed by atoms with Crippen molar-refractivity contribution in [1.82, 2.24) is 0 Å². The second-order valence-corrected chi connectivity index (χ2v) is 6.45. The molecular formula is C8H16I-. The molecule has 1 fully saturated rings. The van der Waals surface area contributed by atoms with Gasteiger partial charge in [0.2, 0.25) is 0 Å². The Morgan fingerprint density at radius 2 is 2.00 bits per heavy atom. The Bertz CT molecular complexity index is 65.0. The van der Waals surface area contributed by atoms with Crippen molar-refractivity contribution in [1.29, 1.82) is 0 Å². The van der Waals surface area contributed by atoms with Gasteiger partial charge in [-0.25, -0.2) is 0 Å². The molecule has 1 heteroatoms. The van der Waals surface area contributed by atoms with Crippen LogP contribution in [0.1, 0.15) is 39.0 Å². The fraction of sp³-hybridized carbons (Fsp3) is 1.00. The molecule has 0 bridgehead atoms. The summed E-state index contributed by atoms with van der Waals surface area (Å²) in [6.07, 6.45) is 7.66. The quantitative estimate of drug-likeness (QED) is 0.457. The summed E-state index contributed by atoms with van der Waals surface area (Å²) in [5.41, 5.74) is 0. The molecule has 0 amide bonds. The van der Waals surface area contributed by atoms with E-state index in [1.807, 2.05) is 0 Å². The normalized spacial score (nSPS) is 21.4. The van der Waals surface area contributed by atoms with Crippen LogP contribution in [0.3, 0.4) is 0 Å². The van der Waals surface area contributed by atoms with E-state index in [1.54, 1.807) is 17.3 Å². The molecule has 0 radical (unpaired) electrons. The molecule has 1 saturated carbocycles. The second kappa shape index (κ2) is 4.53. The molecule has 0 nitrogen and oxygen atoms in total. The fourth-order valence-electron chi connectivity index (χ4n) is 1.29. The van der Waals surface area contributed by atoms with E-state index >= 15 is 0 Å². The Labute approximate surface area is 68.7 Å². The van der Waals surface area contributed by atoms with Gasteiger partial charge in [-0.1, -0.05) is 0 Å². The predicted molar refractivity (Wildman–Crippen MR) is 37.4 cm³/mol. The van der Waals surface area contributed by atoms with E-state index in [4.69, 9.17) is 0 Å². The minimum absolute atomic E-state index is 0.621. The van der Waals surface area contributed by atoms with Crippen molar-refractivity contribution >= 4 is 0 Å². The van der Waals surface area contributed by atoms with E-state index in [9.17, 15) is 0 Å². The fourth-order valence-corrected chi connectivity index (χ4v) is 4.56. The Hall–Kier alpha value is 0.730. The number of rotatable bonds is 3. The zero-order valence-electron chi connectivity index (χ0n) is 6.20. The van der Waals surface area contributed by atoms with Gasteiger partial charge < -0.3 is 0 Å². The summed E-state index contributed by atoms with van der Waals surface area (Å²) >= 11 is 0.621. The van der Waals surface area contributed by atoms with E-state index in [-0.39, 0.29) is 0 Å². The molecule has 1 rings (SSSR count). The first-order valence-electron chi connectivity index (χ1n) is 4.01. The summed E-state index contributed by atoms with van der Waals surface area (Å²) in [6.45, 7) is 2.31. The van der Waals surface area contributed by atoms with Gasteiger partial charge in [0.15, 0.2) is 0 Å². The summed E-state index contributed by atoms with van der Waals surface area (Å²) in [5.74, 6) is 0. The molecule has 9 heavy (non-hydrogen) atoms. The molecule has 1 aliphatic rings. The van der Waals surface area contributed by atoms with Gasteiger partial charge in [-0.15, -0.1) is 0 Å². The molecule has 0 aliphatic heterocycles. The van der Waals surface area contributed by atoms with Gasteiger partial charge in [0.05, 0.1) is 0 Å². The van der Waals surface area contributed by atoms with Gasteiger partial charge >= 0.3 is 68.6 Å². The first-order valence-corrected chi connectivity index (χ1v) is 6.78. The van der Waals surface area contributed by atoms with Gasteiger partial charge in [-0.3, -0.25) is 0 Å². The summed E-state index contributed by atoms with van der Waals surface area (Å²) in [6, 6.07) is 0. The first kappa shape index (κ1) is 7.83. The first-order chi connectivity index (χ1) is 4.43. The Morgan fingerprint density at radius 1 is 1.33 bits per heavy atom. The van der Waals surface area contributed by atoms with Gasteiger partial charge in [0.25, 0.3) is 0 Å². The molecule has 0 unspecified atom stereocenters. The SMILES string of the molecule is CCC[I-]C1CCCC1. The van der Waals surface area contributed by atoms with Crippen LogP contribution in [0.4, 0.5) is 0 Å². The molecule has 0 saturated heterocycles. The van der Waals surface area contributed by atoms with E-state index in [0.717, 1.165) is 0 Å².